The number of ether oxygens (including phenoxy) is 3. The standard InChI is InChI=1S/C24H22ClNO5/c1-29-24(28)22-20(21-17(27)6-4-8-19(21)31-23(22)26)16-5-2-3-7-18(16)30-13-14-9-11-15(25)12-10-14/h2-3,5,7,9-12,20H,4,6,8,13,26H2,1H3. The average Bonchev–Trinajstić information content (AvgIpc) is 2.78. The smallest absolute Gasteiger partial charge is 0.340 e. The largest absolute Gasteiger partial charge is 0.489 e. The first kappa shape index (κ1) is 21.0. The minimum Gasteiger partial charge on any atom is -0.489 e. The van der Waals surface area contributed by atoms with Crippen LogP contribution in [0, 0.1) is 0 Å². The topological polar surface area (TPSA) is 87.9 Å². The van der Waals surface area contributed by atoms with E-state index in [1.165, 1.54) is 7.11 Å². The molecular weight excluding hydrogens is 418 g/mol. The van der Waals surface area contributed by atoms with Gasteiger partial charge in [0.25, 0.3) is 0 Å². The van der Waals surface area contributed by atoms with Crippen LogP contribution in [0.2, 0.25) is 5.02 Å². The van der Waals surface area contributed by atoms with E-state index in [-0.39, 0.29) is 17.2 Å². The Morgan fingerprint density at radius 2 is 1.90 bits per heavy atom. The van der Waals surface area contributed by atoms with E-state index in [4.69, 9.17) is 31.5 Å². The van der Waals surface area contributed by atoms with Gasteiger partial charge in [-0.1, -0.05) is 41.9 Å². The van der Waals surface area contributed by atoms with Crippen molar-refractivity contribution in [2.75, 3.05) is 7.11 Å². The number of para-hydroxylation sites is 1. The van der Waals surface area contributed by atoms with Gasteiger partial charge in [0.15, 0.2) is 5.78 Å². The first-order valence-corrected chi connectivity index (χ1v) is 10.4. The highest BCUT2D eigenvalue weighted by Crippen LogP contribution is 2.46. The Balaban J connectivity index is 1.76. The average molecular weight is 440 g/mol. The summed E-state index contributed by atoms with van der Waals surface area (Å²) in [5.74, 6) is -0.404. The molecule has 31 heavy (non-hydrogen) atoms. The number of halogens is 1. The molecule has 160 valence electrons. The zero-order valence-electron chi connectivity index (χ0n) is 17.0. The summed E-state index contributed by atoms with van der Waals surface area (Å²) in [7, 11) is 1.27. The lowest BCUT2D eigenvalue weighted by Crippen LogP contribution is -2.31. The summed E-state index contributed by atoms with van der Waals surface area (Å²) >= 11 is 5.96. The van der Waals surface area contributed by atoms with Crippen LogP contribution in [-0.2, 0) is 25.7 Å². The Morgan fingerprint density at radius 3 is 2.65 bits per heavy atom. The van der Waals surface area contributed by atoms with Crippen molar-refractivity contribution in [3.8, 4) is 5.75 Å². The third-order valence-electron chi connectivity index (χ3n) is 5.43. The van der Waals surface area contributed by atoms with E-state index >= 15 is 0 Å². The second-order valence-corrected chi connectivity index (χ2v) is 7.81. The van der Waals surface area contributed by atoms with Gasteiger partial charge in [0.05, 0.1) is 13.0 Å². The molecule has 2 aliphatic rings. The summed E-state index contributed by atoms with van der Waals surface area (Å²) in [6.07, 6.45) is 1.65. The maximum absolute atomic E-state index is 12.9. The molecule has 1 unspecified atom stereocenters. The molecule has 0 amide bonds. The van der Waals surface area contributed by atoms with Gasteiger partial charge in [-0.15, -0.1) is 0 Å². The van der Waals surface area contributed by atoms with Crippen LogP contribution >= 0.6 is 11.6 Å². The van der Waals surface area contributed by atoms with Gasteiger partial charge in [-0.3, -0.25) is 4.79 Å². The van der Waals surface area contributed by atoms with E-state index in [1.54, 1.807) is 18.2 Å². The molecule has 6 nitrogen and oxygen atoms in total. The summed E-state index contributed by atoms with van der Waals surface area (Å²) in [6.45, 7) is 0.296. The highest BCUT2D eigenvalue weighted by Gasteiger charge is 2.42. The summed E-state index contributed by atoms with van der Waals surface area (Å²) in [5, 5.41) is 0.643. The maximum atomic E-state index is 12.9. The molecule has 2 aromatic rings. The molecule has 0 radical (unpaired) electrons. The number of methoxy groups -OCH3 is 1. The summed E-state index contributed by atoms with van der Waals surface area (Å²) < 4.78 is 16.7. The molecule has 0 spiro atoms. The van der Waals surface area contributed by atoms with Crippen LogP contribution in [-0.4, -0.2) is 18.9 Å². The number of carbonyl (C=O) groups excluding carboxylic acids is 2. The predicted octanol–water partition coefficient (Wildman–Crippen LogP) is 4.38. The highest BCUT2D eigenvalue weighted by molar-refractivity contribution is 6.30. The third-order valence-corrected chi connectivity index (χ3v) is 5.68. The number of allylic oxidation sites excluding steroid dienone is 2. The number of hydrogen-bond donors (Lipinski definition) is 1. The molecule has 1 aliphatic carbocycles. The normalized spacial score (nSPS) is 18.4. The van der Waals surface area contributed by atoms with E-state index < -0.39 is 11.9 Å². The lowest BCUT2D eigenvalue weighted by Gasteiger charge is -2.32. The zero-order valence-corrected chi connectivity index (χ0v) is 17.8. The van der Waals surface area contributed by atoms with Crippen LogP contribution in [0.25, 0.3) is 0 Å². The van der Waals surface area contributed by atoms with Gasteiger partial charge >= 0.3 is 5.97 Å². The first-order valence-electron chi connectivity index (χ1n) is 9.97. The number of benzene rings is 2. The van der Waals surface area contributed by atoms with Crippen molar-refractivity contribution in [1.82, 2.24) is 0 Å². The highest BCUT2D eigenvalue weighted by atomic mass is 35.5. The fraction of sp³-hybridized carbons (Fsp3) is 0.250. The Hall–Kier alpha value is -3.25. The monoisotopic (exact) mass is 439 g/mol. The van der Waals surface area contributed by atoms with E-state index in [0.29, 0.717) is 53.5 Å². The van der Waals surface area contributed by atoms with Crippen LogP contribution in [0.1, 0.15) is 36.3 Å². The number of esters is 1. The lowest BCUT2D eigenvalue weighted by atomic mass is 9.77. The quantitative estimate of drug-likeness (QED) is 0.695. The predicted molar refractivity (Wildman–Crippen MR) is 115 cm³/mol. The van der Waals surface area contributed by atoms with Crippen LogP contribution in [0.3, 0.4) is 0 Å². The fourth-order valence-electron chi connectivity index (χ4n) is 3.97. The van der Waals surface area contributed by atoms with Gasteiger partial charge in [0, 0.05) is 29.0 Å². The van der Waals surface area contributed by atoms with Crippen molar-refractivity contribution in [3.05, 3.63) is 87.5 Å². The van der Waals surface area contributed by atoms with Crippen molar-refractivity contribution in [2.24, 2.45) is 5.73 Å². The molecule has 2 aromatic carbocycles. The third kappa shape index (κ3) is 4.16. The van der Waals surface area contributed by atoms with E-state index in [2.05, 4.69) is 0 Å². The number of carbonyl (C=O) groups is 2. The van der Waals surface area contributed by atoms with Crippen molar-refractivity contribution in [3.63, 3.8) is 0 Å². The number of ketones is 1. The number of hydrogen-bond acceptors (Lipinski definition) is 6. The maximum Gasteiger partial charge on any atom is 0.340 e. The molecule has 0 bridgehead atoms. The molecule has 1 aliphatic heterocycles. The Morgan fingerprint density at radius 1 is 1.16 bits per heavy atom. The second-order valence-electron chi connectivity index (χ2n) is 7.37. The fourth-order valence-corrected chi connectivity index (χ4v) is 4.09. The Labute approximate surface area is 185 Å². The van der Waals surface area contributed by atoms with Crippen LogP contribution < -0.4 is 10.5 Å². The molecule has 0 fully saturated rings. The minimum absolute atomic E-state index is 0.0437. The van der Waals surface area contributed by atoms with Gasteiger partial charge in [0.2, 0.25) is 5.88 Å². The summed E-state index contributed by atoms with van der Waals surface area (Å²) in [6, 6.07) is 14.6. The van der Waals surface area contributed by atoms with Gasteiger partial charge in [-0.2, -0.15) is 0 Å². The van der Waals surface area contributed by atoms with Crippen LogP contribution in [0.15, 0.2) is 71.3 Å². The number of nitrogens with two attached hydrogens (primary N) is 1. The zero-order chi connectivity index (χ0) is 22.0. The molecule has 2 N–H and O–H groups in total. The van der Waals surface area contributed by atoms with Gasteiger partial charge in [0.1, 0.15) is 23.7 Å². The molecule has 4 rings (SSSR count). The van der Waals surface area contributed by atoms with Crippen molar-refractivity contribution < 1.29 is 23.8 Å². The summed E-state index contributed by atoms with van der Waals surface area (Å²) in [4.78, 5) is 25.5. The molecule has 1 heterocycles. The molecule has 0 saturated heterocycles. The number of rotatable bonds is 5. The van der Waals surface area contributed by atoms with Gasteiger partial charge in [-0.05, 0) is 30.2 Å². The second kappa shape index (κ2) is 8.86. The minimum atomic E-state index is -0.717. The van der Waals surface area contributed by atoms with Gasteiger partial charge < -0.3 is 19.9 Å². The molecular formula is C24H22ClNO5. The first-order chi connectivity index (χ1) is 15.0. The molecule has 1 atom stereocenters. The molecule has 0 saturated carbocycles. The Kier molecular flexibility index (Phi) is 6.00. The van der Waals surface area contributed by atoms with E-state index in [0.717, 1.165) is 5.56 Å². The van der Waals surface area contributed by atoms with Gasteiger partial charge in [-0.25, -0.2) is 4.79 Å². The van der Waals surface area contributed by atoms with Crippen molar-refractivity contribution in [1.29, 1.82) is 0 Å². The summed E-state index contributed by atoms with van der Waals surface area (Å²) in [5.41, 5.74) is 8.27. The Bertz CT molecular complexity index is 1090. The molecule has 0 aromatic heterocycles. The van der Waals surface area contributed by atoms with Crippen LogP contribution in [0.5, 0.6) is 5.75 Å². The van der Waals surface area contributed by atoms with E-state index in [1.807, 2.05) is 30.3 Å². The van der Waals surface area contributed by atoms with E-state index in [9.17, 15) is 9.59 Å². The number of Topliss-reactive ketones (excluding diaryl/α,β-unsaturated/α-hetero) is 1. The van der Waals surface area contributed by atoms with Crippen LogP contribution in [0.4, 0.5) is 0 Å². The SMILES string of the molecule is COC(=O)C1=C(N)OC2=C(C(=O)CCC2)C1c1ccccc1OCc1ccc(Cl)cc1. The van der Waals surface area contributed by atoms with Crippen molar-refractivity contribution >= 4 is 23.4 Å². The lowest BCUT2D eigenvalue weighted by molar-refractivity contribution is -0.136. The van der Waals surface area contributed by atoms with Crippen molar-refractivity contribution in [2.45, 2.75) is 31.8 Å². The molecule has 7 heteroatoms.